The smallest absolute Gasteiger partial charge is 0.155 e. The first-order chi connectivity index (χ1) is 7.84. The number of hydrogen-bond acceptors (Lipinski definition) is 2. The quantitative estimate of drug-likeness (QED) is 0.616. The number of rotatable bonds is 1. The van der Waals surface area contributed by atoms with E-state index in [1.54, 1.807) is 6.20 Å². The van der Waals surface area contributed by atoms with Gasteiger partial charge in [0.05, 0.1) is 11.9 Å². The third-order valence-corrected chi connectivity index (χ3v) is 2.64. The lowest BCUT2D eigenvalue weighted by molar-refractivity contribution is 0.948. The van der Waals surface area contributed by atoms with Crippen LogP contribution in [-0.2, 0) is 0 Å². The Morgan fingerprint density at radius 2 is 1.75 bits per heavy atom. The normalized spacial score (nSPS) is 10.8. The topological polar surface area (TPSA) is 30.2 Å². The molecule has 78 valence electrons. The molecule has 2 heterocycles. The van der Waals surface area contributed by atoms with Crippen molar-refractivity contribution in [3.63, 3.8) is 0 Å². The van der Waals surface area contributed by atoms with Gasteiger partial charge in [0.15, 0.2) is 5.65 Å². The van der Waals surface area contributed by atoms with Gasteiger partial charge in [0.25, 0.3) is 0 Å². The number of aromatic nitrogens is 3. The monoisotopic (exact) mass is 209 g/mol. The van der Waals surface area contributed by atoms with Crippen molar-refractivity contribution in [2.75, 3.05) is 0 Å². The van der Waals surface area contributed by atoms with E-state index in [1.165, 1.54) is 5.56 Å². The SMILES string of the molecule is Cc1ccc(-c2ccnc3ccnn23)cc1. The highest BCUT2D eigenvalue weighted by atomic mass is 15.2. The molecule has 0 aliphatic rings. The van der Waals surface area contributed by atoms with Gasteiger partial charge in [-0.05, 0) is 13.0 Å². The Kier molecular flexibility index (Phi) is 1.96. The maximum Gasteiger partial charge on any atom is 0.155 e. The Hall–Kier alpha value is -2.16. The van der Waals surface area contributed by atoms with Gasteiger partial charge >= 0.3 is 0 Å². The van der Waals surface area contributed by atoms with Gasteiger partial charge in [-0.1, -0.05) is 29.8 Å². The van der Waals surface area contributed by atoms with Crippen LogP contribution < -0.4 is 0 Å². The molecular weight excluding hydrogens is 198 g/mol. The van der Waals surface area contributed by atoms with Gasteiger partial charge in [0.1, 0.15) is 0 Å². The van der Waals surface area contributed by atoms with E-state index in [0.29, 0.717) is 0 Å². The number of hydrogen-bond donors (Lipinski definition) is 0. The highest BCUT2D eigenvalue weighted by molar-refractivity contribution is 5.62. The summed E-state index contributed by atoms with van der Waals surface area (Å²) in [5.74, 6) is 0. The fourth-order valence-electron chi connectivity index (χ4n) is 1.78. The van der Waals surface area contributed by atoms with Gasteiger partial charge in [-0.15, -0.1) is 0 Å². The van der Waals surface area contributed by atoms with E-state index in [4.69, 9.17) is 0 Å². The van der Waals surface area contributed by atoms with Crippen LogP contribution in [0.5, 0.6) is 0 Å². The molecule has 16 heavy (non-hydrogen) atoms. The predicted octanol–water partition coefficient (Wildman–Crippen LogP) is 2.70. The third-order valence-electron chi connectivity index (χ3n) is 2.64. The fraction of sp³-hybridized carbons (Fsp3) is 0.0769. The molecule has 0 atom stereocenters. The summed E-state index contributed by atoms with van der Waals surface area (Å²) in [5, 5.41) is 4.27. The highest BCUT2D eigenvalue weighted by Gasteiger charge is 2.03. The average molecular weight is 209 g/mol. The first-order valence-electron chi connectivity index (χ1n) is 5.20. The largest absolute Gasteiger partial charge is 0.237 e. The molecule has 0 fully saturated rings. The van der Waals surface area contributed by atoms with Gasteiger partial charge in [-0.3, -0.25) is 0 Å². The summed E-state index contributed by atoms with van der Waals surface area (Å²) < 4.78 is 1.85. The second kappa shape index (κ2) is 3.45. The predicted molar refractivity (Wildman–Crippen MR) is 63.2 cm³/mol. The van der Waals surface area contributed by atoms with Crippen LogP contribution in [0, 0.1) is 6.92 Å². The zero-order valence-corrected chi connectivity index (χ0v) is 8.96. The van der Waals surface area contributed by atoms with Crippen molar-refractivity contribution < 1.29 is 0 Å². The number of benzene rings is 1. The number of nitrogens with zero attached hydrogens (tertiary/aromatic N) is 3. The Labute approximate surface area is 93.4 Å². The van der Waals surface area contributed by atoms with Crippen LogP contribution in [0.1, 0.15) is 5.56 Å². The second-order valence-corrected chi connectivity index (χ2v) is 3.80. The lowest BCUT2D eigenvalue weighted by Gasteiger charge is -2.04. The number of aryl methyl sites for hydroxylation is 1. The average Bonchev–Trinajstić information content (AvgIpc) is 2.78. The molecule has 0 aliphatic heterocycles. The summed E-state index contributed by atoms with van der Waals surface area (Å²) in [6.07, 6.45) is 3.58. The molecule has 0 unspecified atom stereocenters. The Balaban J connectivity index is 2.25. The summed E-state index contributed by atoms with van der Waals surface area (Å²) in [7, 11) is 0. The molecule has 0 radical (unpaired) electrons. The molecule has 1 aromatic carbocycles. The van der Waals surface area contributed by atoms with Gasteiger partial charge in [0.2, 0.25) is 0 Å². The molecule has 3 nitrogen and oxygen atoms in total. The summed E-state index contributed by atoms with van der Waals surface area (Å²) >= 11 is 0. The van der Waals surface area contributed by atoms with Crippen LogP contribution in [0.15, 0.2) is 48.8 Å². The van der Waals surface area contributed by atoms with Crippen molar-refractivity contribution in [3.8, 4) is 11.3 Å². The van der Waals surface area contributed by atoms with E-state index in [1.807, 2.05) is 22.8 Å². The molecule has 0 bridgehead atoms. The van der Waals surface area contributed by atoms with Crippen molar-refractivity contribution in [3.05, 3.63) is 54.4 Å². The van der Waals surface area contributed by atoms with Crippen LogP contribution >= 0.6 is 0 Å². The van der Waals surface area contributed by atoms with E-state index in [9.17, 15) is 0 Å². The minimum absolute atomic E-state index is 0.873. The summed E-state index contributed by atoms with van der Waals surface area (Å²) in [6, 6.07) is 12.3. The summed E-state index contributed by atoms with van der Waals surface area (Å²) in [5.41, 5.74) is 4.35. The zero-order valence-electron chi connectivity index (χ0n) is 8.96. The maximum absolute atomic E-state index is 4.27. The molecule has 3 rings (SSSR count). The highest BCUT2D eigenvalue weighted by Crippen LogP contribution is 2.19. The molecule has 3 heteroatoms. The lowest BCUT2D eigenvalue weighted by Crippen LogP contribution is -1.94. The minimum Gasteiger partial charge on any atom is -0.237 e. The Morgan fingerprint density at radius 3 is 2.56 bits per heavy atom. The van der Waals surface area contributed by atoms with Crippen LogP contribution in [0.25, 0.3) is 16.9 Å². The number of fused-ring (bicyclic) bond motifs is 1. The molecule has 0 saturated heterocycles. The first-order valence-corrected chi connectivity index (χ1v) is 5.20. The summed E-state index contributed by atoms with van der Waals surface area (Å²) in [4.78, 5) is 4.25. The van der Waals surface area contributed by atoms with Crippen molar-refractivity contribution in [1.29, 1.82) is 0 Å². The van der Waals surface area contributed by atoms with Gasteiger partial charge in [0, 0.05) is 17.8 Å². The van der Waals surface area contributed by atoms with Crippen molar-refractivity contribution in [2.45, 2.75) is 6.92 Å². The van der Waals surface area contributed by atoms with Crippen LogP contribution in [0.4, 0.5) is 0 Å². The molecule has 0 aliphatic carbocycles. The van der Waals surface area contributed by atoms with E-state index >= 15 is 0 Å². The van der Waals surface area contributed by atoms with Crippen LogP contribution in [0.2, 0.25) is 0 Å². The van der Waals surface area contributed by atoms with Crippen molar-refractivity contribution >= 4 is 5.65 Å². The van der Waals surface area contributed by atoms with Gasteiger partial charge in [-0.2, -0.15) is 5.10 Å². The molecular formula is C13H11N3. The van der Waals surface area contributed by atoms with E-state index in [2.05, 4.69) is 41.3 Å². The maximum atomic E-state index is 4.27. The van der Waals surface area contributed by atoms with E-state index in [0.717, 1.165) is 16.9 Å². The molecule has 3 aromatic rings. The van der Waals surface area contributed by atoms with E-state index < -0.39 is 0 Å². The standard InChI is InChI=1S/C13H11N3/c1-10-2-4-11(5-3-10)12-6-8-14-13-7-9-15-16(12)13/h2-9H,1H3. The Morgan fingerprint density at radius 1 is 0.938 bits per heavy atom. The van der Waals surface area contributed by atoms with Crippen molar-refractivity contribution in [2.24, 2.45) is 0 Å². The zero-order chi connectivity index (χ0) is 11.0. The second-order valence-electron chi connectivity index (χ2n) is 3.80. The van der Waals surface area contributed by atoms with E-state index in [-0.39, 0.29) is 0 Å². The molecule has 0 N–H and O–H groups in total. The van der Waals surface area contributed by atoms with Crippen LogP contribution in [0.3, 0.4) is 0 Å². The fourth-order valence-corrected chi connectivity index (χ4v) is 1.78. The first kappa shape index (κ1) is 9.09. The third kappa shape index (κ3) is 1.37. The molecule has 2 aromatic heterocycles. The Bertz CT molecular complexity index is 623. The van der Waals surface area contributed by atoms with Crippen molar-refractivity contribution in [1.82, 2.24) is 14.6 Å². The van der Waals surface area contributed by atoms with Crippen LogP contribution in [-0.4, -0.2) is 14.6 Å². The van der Waals surface area contributed by atoms with Gasteiger partial charge in [-0.25, -0.2) is 9.50 Å². The molecule has 0 amide bonds. The molecule has 0 spiro atoms. The lowest BCUT2D eigenvalue weighted by atomic mass is 10.1. The minimum atomic E-state index is 0.873. The summed E-state index contributed by atoms with van der Waals surface area (Å²) in [6.45, 7) is 2.08. The van der Waals surface area contributed by atoms with Gasteiger partial charge < -0.3 is 0 Å². The molecule has 0 saturated carbocycles.